The van der Waals surface area contributed by atoms with Gasteiger partial charge in [-0.3, -0.25) is 14.4 Å². The molecule has 6 nitrogen and oxygen atoms in total. The van der Waals surface area contributed by atoms with Gasteiger partial charge in [0.1, 0.15) is 13.2 Å². The SMILES string of the molecule is CC\C=C/C=C\C=C/CCCCCCCCCC(=O)OC(COC(=O)CCCCC/C=C\C=C/CCCC)COC(=O)CCCCC/C=C\C/C=C\C/C=C\C/C=C\C/C=C\CC. The monoisotopic (exact) mass is 871 g/mol. The molecule has 0 aliphatic rings. The molecule has 0 aromatic carbocycles. The van der Waals surface area contributed by atoms with E-state index in [-0.39, 0.29) is 31.1 Å². The first kappa shape index (κ1) is 58.8. The van der Waals surface area contributed by atoms with E-state index in [4.69, 9.17) is 14.2 Å². The quantitative estimate of drug-likeness (QED) is 0.0200. The molecule has 0 aliphatic heterocycles. The summed E-state index contributed by atoms with van der Waals surface area (Å²) in [6.07, 6.45) is 69.0. The van der Waals surface area contributed by atoms with Crippen molar-refractivity contribution in [2.75, 3.05) is 13.2 Å². The Labute approximate surface area is 386 Å². The summed E-state index contributed by atoms with van der Waals surface area (Å²) in [6, 6.07) is 0. The molecule has 0 spiro atoms. The molecule has 6 heteroatoms. The summed E-state index contributed by atoms with van der Waals surface area (Å²) < 4.78 is 16.7. The van der Waals surface area contributed by atoms with Crippen molar-refractivity contribution in [2.45, 2.75) is 207 Å². The topological polar surface area (TPSA) is 78.9 Å². The Kier molecular flexibility index (Phi) is 47.1. The van der Waals surface area contributed by atoms with Crippen molar-refractivity contribution in [3.63, 3.8) is 0 Å². The molecular formula is C57H90O6. The number of carbonyl (C=O) groups is 3. The van der Waals surface area contributed by atoms with Crippen molar-refractivity contribution < 1.29 is 28.6 Å². The molecule has 0 saturated carbocycles. The van der Waals surface area contributed by atoms with E-state index in [0.717, 1.165) is 128 Å². The number of hydrogen-bond donors (Lipinski definition) is 0. The van der Waals surface area contributed by atoms with E-state index in [0.29, 0.717) is 19.3 Å². The van der Waals surface area contributed by atoms with Crippen molar-refractivity contribution in [1.82, 2.24) is 0 Å². The average Bonchev–Trinajstić information content (AvgIpc) is 3.28. The largest absolute Gasteiger partial charge is 0.462 e. The minimum atomic E-state index is -0.811. The molecule has 0 heterocycles. The Bertz CT molecular complexity index is 1370. The van der Waals surface area contributed by atoms with Gasteiger partial charge in [-0.25, -0.2) is 0 Å². The second-order valence-electron chi connectivity index (χ2n) is 16.0. The van der Waals surface area contributed by atoms with Crippen LogP contribution in [0.25, 0.3) is 0 Å². The van der Waals surface area contributed by atoms with Crippen LogP contribution in [0.2, 0.25) is 0 Å². The molecule has 0 fully saturated rings. The molecule has 354 valence electrons. The van der Waals surface area contributed by atoms with Gasteiger partial charge in [-0.1, -0.05) is 200 Å². The third-order valence-corrected chi connectivity index (χ3v) is 10.0. The predicted molar refractivity (Wildman–Crippen MR) is 269 cm³/mol. The number of rotatable bonds is 43. The lowest BCUT2D eigenvalue weighted by atomic mass is 10.1. The maximum absolute atomic E-state index is 12.8. The minimum absolute atomic E-state index is 0.112. The maximum Gasteiger partial charge on any atom is 0.306 e. The molecule has 0 radical (unpaired) electrons. The summed E-state index contributed by atoms with van der Waals surface area (Å²) >= 11 is 0. The van der Waals surface area contributed by atoms with Gasteiger partial charge >= 0.3 is 17.9 Å². The second kappa shape index (κ2) is 50.5. The fraction of sp³-hybridized carbons (Fsp3) is 0.596. The summed E-state index contributed by atoms with van der Waals surface area (Å²) in [6.45, 7) is 6.25. The average molecular weight is 871 g/mol. The molecule has 0 amide bonds. The summed E-state index contributed by atoms with van der Waals surface area (Å²) in [5.74, 6) is -0.992. The second-order valence-corrected chi connectivity index (χ2v) is 16.0. The molecule has 0 aromatic rings. The third-order valence-electron chi connectivity index (χ3n) is 10.0. The summed E-state index contributed by atoms with van der Waals surface area (Å²) in [5.41, 5.74) is 0. The lowest BCUT2D eigenvalue weighted by molar-refractivity contribution is -0.167. The Hall–Kier alpha value is -4.19. The fourth-order valence-electron chi connectivity index (χ4n) is 6.27. The first-order valence-electron chi connectivity index (χ1n) is 25.1. The smallest absolute Gasteiger partial charge is 0.306 e. The highest BCUT2D eigenvalue weighted by Crippen LogP contribution is 2.13. The molecule has 0 saturated heterocycles. The Morgan fingerprint density at radius 2 is 0.698 bits per heavy atom. The molecule has 0 aromatic heterocycles. The number of ether oxygens (including phenoxy) is 3. The van der Waals surface area contributed by atoms with Gasteiger partial charge in [0.15, 0.2) is 6.10 Å². The highest BCUT2D eigenvalue weighted by atomic mass is 16.6. The number of esters is 3. The van der Waals surface area contributed by atoms with Crippen LogP contribution in [0.1, 0.15) is 201 Å². The summed E-state index contributed by atoms with van der Waals surface area (Å²) in [5, 5.41) is 0. The van der Waals surface area contributed by atoms with Crippen molar-refractivity contribution in [1.29, 1.82) is 0 Å². The zero-order valence-corrected chi connectivity index (χ0v) is 40.3. The van der Waals surface area contributed by atoms with Crippen LogP contribution in [-0.2, 0) is 28.6 Å². The van der Waals surface area contributed by atoms with Gasteiger partial charge in [0.05, 0.1) is 0 Å². The van der Waals surface area contributed by atoms with Crippen LogP contribution in [0.5, 0.6) is 0 Å². The molecular weight excluding hydrogens is 781 g/mol. The lowest BCUT2D eigenvalue weighted by Crippen LogP contribution is -2.30. The van der Waals surface area contributed by atoms with Crippen LogP contribution in [0.4, 0.5) is 0 Å². The highest BCUT2D eigenvalue weighted by molar-refractivity contribution is 5.71. The van der Waals surface area contributed by atoms with E-state index < -0.39 is 6.10 Å². The van der Waals surface area contributed by atoms with Crippen molar-refractivity contribution in [3.8, 4) is 0 Å². The van der Waals surface area contributed by atoms with Gasteiger partial charge < -0.3 is 14.2 Å². The van der Waals surface area contributed by atoms with Crippen LogP contribution < -0.4 is 0 Å². The number of hydrogen-bond acceptors (Lipinski definition) is 6. The zero-order valence-electron chi connectivity index (χ0n) is 40.3. The molecule has 0 bridgehead atoms. The van der Waals surface area contributed by atoms with Gasteiger partial charge in [0, 0.05) is 19.3 Å². The predicted octanol–water partition coefficient (Wildman–Crippen LogP) is 16.5. The highest BCUT2D eigenvalue weighted by Gasteiger charge is 2.19. The van der Waals surface area contributed by atoms with Crippen molar-refractivity contribution >= 4 is 17.9 Å². The van der Waals surface area contributed by atoms with Crippen LogP contribution in [0, 0.1) is 0 Å². The van der Waals surface area contributed by atoms with Crippen molar-refractivity contribution in [3.05, 3.63) is 122 Å². The van der Waals surface area contributed by atoms with Gasteiger partial charge in [-0.2, -0.15) is 0 Å². The fourth-order valence-corrected chi connectivity index (χ4v) is 6.27. The third kappa shape index (κ3) is 48.7. The van der Waals surface area contributed by atoms with Crippen LogP contribution >= 0.6 is 0 Å². The first-order valence-corrected chi connectivity index (χ1v) is 25.1. The van der Waals surface area contributed by atoms with E-state index in [1.165, 1.54) is 32.1 Å². The van der Waals surface area contributed by atoms with E-state index in [9.17, 15) is 14.4 Å². The normalized spacial score (nSPS) is 13.1. The van der Waals surface area contributed by atoms with Crippen molar-refractivity contribution in [2.24, 2.45) is 0 Å². The van der Waals surface area contributed by atoms with Gasteiger partial charge in [0.2, 0.25) is 0 Å². The minimum Gasteiger partial charge on any atom is -0.462 e. The maximum atomic E-state index is 12.8. The molecule has 63 heavy (non-hydrogen) atoms. The molecule has 1 unspecified atom stereocenters. The summed E-state index contributed by atoms with van der Waals surface area (Å²) in [7, 11) is 0. The van der Waals surface area contributed by atoms with E-state index in [1.807, 2.05) is 0 Å². The number of unbranched alkanes of at least 4 members (excludes halogenated alkanes) is 15. The Morgan fingerprint density at radius 1 is 0.349 bits per heavy atom. The van der Waals surface area contributed by atoms with Gasteiger partial charge in [0.25, 0.3) is 0 Å². The summed E-state index contributed by atoms with van der Waals surface area (Å²) in [4.78, 5) is 37.9. The van der Waals surface area contributed by atoms with Gasteiger partial charge in [-0.15, -0.1) is 0 Å². The van der Waals surface area contributed by atoms with E-state index in [1.54, 1.807) is 0 Å². The first-order chi connectivity index (χ1) is 31.0. The number of carbonyl (C=O) groups excluding carboxylic acids is 3. The lowest BCUT2D eigenvalue weighted by Gasteiger charge is -2.18. The van der Waals surface area contributed by atoms with E-state index >= 15 is 0 Å². The van der Waals surface area contributed by atoms with E-state index in [2.05, 4.69) is 142 Å². The van der Waals surface area contributed by atoms with Crippen LogP contribution in [-0.4, -0.2) is 37.2 Å². The Balaban J connectivity index is 4.49. The number of allylic oxidation sites excluding steroid dienone is 20. The molecule has 0 aliphatic carbocycles. The standard InChI is InChI=1S/C57H90O6/c1-4-7-10-13-16-19-22-24-26-27-28-29-31-32-35-38-41-44-47-50-56(59)62-53-54(52-61-55(58)49-46-43-40-37-34-21-18-15-12-9-6-3)63-57(60)51-48-45-42-39-36-33-30-25-23-20-17-14-11-8-5-2/h7-8,10-11,14-21,23-24,26,28-29,32,34-35,54H,4-6,9,12-13,22,25,27,30-31,33,36-53H2,1-3H3/b10-7-,11-8-,17-14-,18-15-,19-16-,23-20-,26-24-,29-28-,34-21-,35-32-. The molecule has 1 atom stereocenters. The molecule has 0 N–H and O–H groups in total. The Morgan fingerprint density at radius 3 is 1.17 bits per heavy atom. The van der Waals surface area contributed by atoms with Crippen LogP contribution in [0.3, 0.4) is 0 Å². The zero-order chi connectivity index (χ0) is 45.8. The van der Waals surface area contributed by atoms with Crippen LogP contribution in [0.15, 0.2) is 122 Å². The van der Waals surface area contributed by atoms with Gasteiger partial charge in [-0.05, 0) is 103 Å². The molecule has 0 rings (SSSR count).